The number of para-hydroxylation sites is 3. The lowest BCUT2D eigenvalue weighted by Crippen LogP contribution is -2.44. The van der Waals surface area contributed by atoms with E-state index < -0.39 is 6.10 Å². The van der Waals surface area contributed by atoms with E-state index in [1.807, 2.05) is 55.5 Å². The molecule has 2 heterocycles. The van der Waals surface area contributed by atoms with Crippen molar-refractivity contribution in [3.63, 3.8) is 0 Å². The quantitative estimate of drug-likeness (QED) is 0.689. The summed E-state index contributed by atoms with van der Waals surface area (Å²) in [6, 6.07) is 14.9. The van der Waals surface area contributed by atoms with E-state index in [0.29, 0.717) is 35.5 Å². The molecule has 1 atom stereocenters. The van der Waals surface area contributed by atoms with Crippen LogP contribution in [0.25, 0.3) is 11.4 Å². The third-order valence-electron chi connectivity index (χ3n) is 4.26. The van der Waals surface area contributed by atoms with E-state index in [-0.39, 0.29) is 12.5 Å². The number of anilines is 1. The molecule has 0 spiro atoms. The van der Waals surface area contributed by atoms with Crippen molar-refractivity contribution in [2.24, 2.45) is 0 Å². The maximum absolute atomic E-state index is 12.6. The van der Waals surface area contributed by atoms with Crippen molar-refractivity contribution < 1.29 is 18.8 Å². The average molecular weight is 365 g/mol. The predicted octanol–water partition coefficient (Wildman–Crippen LogP) is 3.45. The van der Waals surface area contributed by atoms with Gasteiger partial charge in [0.25, 0.3) is 5.91 Å². The molecule has 138 valence electrons. The van der Waals surface area contributed by atoms with Crippen molar-refractivity contribution in [1.29, 1.82) is 0 Å². The van der Waals surface area contributed by atoms with Crippen LogP contribution in [0.3, 0.4) is 0 Å². The second-order valence-electron chi connectivity index (χ2n) is 6.09. The van der Waals surface area contributed by atoms with Crippen molar-refractivity contribution in [2.45, 2.75) is 26.5 Å². The standard InChI is InChI=1S/C20H19N3O4/c1-3-25-16-10-6-4-8-14(16)19-21-18(27-22-19)12-23-15-9-5-7-11-17(15)26-13(2)20(23)24/h4-11,13H,3,12H2,1-2H3/t13-/m1/s1. The van der Waals surface area contributed by atoms with Crippen molar-refractivity contribution in [3.8, 4) is 22.9 Å². The smallest absolute Gasteiger partial charge is 0.268 e. The number of hydrogen-bond acceptors (Lipinski definition) is 6. The summed E-state index contributed by atoms with van der Waals surface area (Å²) in [6.07, 6.45) is -0.569. The molecule has 0 N–H and O–H groups in total. The Morgan fingerprint density at radius 1 is 1.15 bits per heavy atom. The molecular formula is C20H19N3O4. The van der Waals surface area contributed by atoms with Gasteiger partial charge in [-0.05, 0) is 38.1 Å². The monoisotopic (exact) mass is 365 g/mol. The second-order valence-corrected chi connectivity index (χ2v) is 6.09. The van der Waals surface area contributed by atoms with Gasteiger partial charge in [-0.15, -0.1) is 0 Å². The van der Waals surface area contributed by atoms with Gasteiger partial charge in [0.05, 0.1) is 17.9 Å². The van der Waals surface area contributed by atoms with Gasteiger partial charge in [-0.2, -0.15) is 4.98 Å². The summed E-state index contributed by atoms with van der Waals surface area (Å²) in [6.45, 7) is 4.36. The summed E-state index contributed by atoms with van der Waals surface area (Å²) in [4.78, 5) is 18.7. The first-order chi connectivity index (χ1) is 13.2. The maximum Gasteiger partial charge on any atom is 0.268 e. The van der Waals surface area contributed by atoms with Gasteiger partial charge in [0.1, 0.15) is 18.0 Å². The number of carbonyl (C=O) groups excluding carboxylic acids is 1. The number of benzene rings is 2. The van der Waals surface area contributed by atoms with E-state index in [0.717, 1.165) is 5.56 Å². The van der Waals surface area contributed by atoms with Crippen LogP contribution in [0.4, 0.5) is 5.69 Å². The third kappa shape index (κ3) is 3.23. The molecule has 3 aromatic rings. The lowest BCUT2D eigenvalue weighted by atomic mass is 10.2. The highest BCUT2D eigenvalue weighted by atomic mass is 16.5. The Kier molecular flexibility index (Phi) is 4.50. The van der Waals surface area contributed by atoms with Crippen LogP contribution in [0.2, 0.25) is 0 Å². The first-order valence-electron chi connectivity index (χ1n) is 8.79. The Labute approximate surface area is 156 Å². The molecule has 7 heteroatoms. The number of hydrogen-bond donors (Lipinski definition) is 0. The highest BCUT2D eigenvalue weighted by Crippen LogP contribution is 2.35. The zero-order chi connectivity index (χ0) is 18.8. The van der Waals surface area contributed by atoms with Crippen LogP contribution < -0.4 is 14.4 Å². The van der Waals surface area contributed by atoms with E-state index in [4.69, 9.17) is 14.0 Å². The molecule has 0 radical (unpaired) electrons. The molecular weight excluding hydrogens is 346 g/mol. The van der Waals surface area contributed by atoms with Gasteiger partial charge in [-0.1, -0.05) is 29.4 Å². The lowest BCUT2D eigenvalue weighted by molar-refractivity contribution is -0.125. The highest BCUT2D eigenvalue weighted by molar-refractivity contribution is 5.99. The Hall–Kier alpha value is -3.35. The van der Waals surface area contributed by atoms with Crippen LogP contribution in [0.1, 0.15) is 19.7 Å². The molecule has 0 aliphatic carbocycles. The first-order valence-corrected chi connectivity index (χ1v) is 8.79. The molecule has 1 amide bonds. The lowest BCUT2D eigenvalue weighted by Gasteiger charge is -2.31. The van der Waals surface area contributed by atoms with Crippen molar-refractivity contribution >= 4 is 11.6 Å². The molecule has 1 aromatic heterocycles. The molecule has 7 nitrogen and oxygen atoms in total. The van der Waals surface area contributed by atoms with E-state index >= 15 is 0 Å². The van der Waals surface area contributed by atoms with Crippen molar-refractivity contribution in [3.05, 3.63) is 54.4 Å². The Bertz CT molecular complexity index is 969. The van der Waals surface area contributed by atoms with Gasteiger partial charge in [-0.25, -0.2) is 0 Å². The molecule has 27 heavy (non-hydrogen) atoms. The number of aromatic nitrogens is 2. The third-order valence-corrected chi connectivity index (χ3v) is 4.26. The minimum atomic E-state index is -0.569. The fourth-order valence-corrected chi connectivity index (χ4v) is 3.02. The summed E-state index contributed by atoms with van der Waals surface area (Å²) in [5, 5.41) is 4.06. The molecule has 0 saturated heterocycles. The topological polar surface area (TPSA) is 77.7 Å². The molecule has 1 aliphatic rings. The van der Waals surface area contributed by atoms with E-state index in [9.17, 15) is 4.79 Å². The van der Waals surface area contributed by atoms with Crippen LogP contribution in [0.15, 0.2) is 53.1 Å². The largest absolute Gasteiger partial charge is 0.493 e. The van der Waals surface area contributed by atoms with Gasteiger partial charge in [0.2, 0.25) is 11.7 Å². The number of nitrogens with zero attached hydrogens (tertiary/aromatic N) is 3. The molecule has 1 aliphatic heterocycles. The number of fused-ring (bicyclic) bond motifs is 1. The highest BCUT2D eigenvalue weighted by Gasteiger charge is 2.32. The van der Waals surface area contributed by atoms with E-state index in [1.54, 1.807) is 11.8 Å². The van der Waals surface area contributed by atoms with Crippen LogP contribution in [-0.2, 0) is 11.3 Å². The number of rotatable bonds is 5. The van der Waals surface area contributed by atoms with Gasteiger partial charge in [0, 0.05) is 0 Å². The van der Waals surface area contributed by atoms with Crippen molar-refractivity contribution in [1.82, 2.24) is 10.1 Å². The first kappa shape index (κ1) is 17.1. The van der Waals surface area contributed by atoms with Gasteiger partial charge in [-0.3, -0.25) is 9.69 Å². The summed E-state index contributed by atoms with van der Waals surface area (Å²) >= 11 is 0. The summed E-state index contributed by atoms with van der Waals surface area (Å²) in [5.74, 6) is 1.97. The zero-order valence-corrected chi connectivity index (χ0v) is 15.1. The minimum absolute atomic E-state index is 0.150. The summed E-state index contributed by atoms with van der Waals surface area (Å²) in [7, 11) is 0. The van der Waals surface area contributed by atoms with Crippen molar-refractivity contribution in [2.75, 3.05) is 11.5 Å². The SMILES string of the molecule is CCOc1ccccc1-c1noc(CN2C(=O)[C@@H](C)Oc3ccccc32)n1. The van der Waals surface area contributed by atoms with E-state index in [2.05, 4.69) is 10.1 Å². The Morgan fingerprint density at radius 2 is 1.93 bits per heavy atom. The zero-order valence-electron chi connectivity index (χ0n) is 15.1. The second kappa shape index (κ2) is 7.11. The van der Waals surface area contributed by atoms with Gasteiger partial charge in [0.15, 0.2) is 6.10 Å². The predicted molar refractivity (Wildman–Crippen MR) is 98.6 cm³/mol. The minimum Gasteiger partial charge on any atom is -0.493 e. The fourth-order valence-electron chi connectivity index (χ4n) is 3.02. The fraction of sp³-hybridized carbons (Fsp3) is 0.250. The Balaban J connectivity index is 1.63. The normalized spacial score (nSPS) is 16.0. The van der Waals surface area contributed by atoms with E-state index in [1.165, 1.54) is 0 Å². The molecule has 0 saturated carbocycles. The van der Waals surface area contributed by atoms with Crippen LogP contribution in [-0.4, -0.2) is 28.8 Å². The number of amides is 1. The number of ether oxygens (including phenoxy) is 2. The van der Waals surface area contributed by atoms with Crippen LogP contribution in [0, 0.1) is 0 Å². The molecule has 0 fully saturated rings. The Morgan fingerprint density at radius 3 is 2.78 bits per heavy atom. The molecule has 0 bridgehead atoms. The molecule has 0 unspecified atom stereocenters. The molecule has 2 aromatic carbocycles. The van der Waals surface area contributed by atoms with Crippen LogP contribution in [0.5, 0.6) is 11.5 Å². The maximum atomic E-state index is 12.6. The number of carbonyl (C=O) groups is 1. The summed E-state index contributed by atoms with van der Waals surface area (Å²) < 4.78 is 16.7. The van der Waals surface area contributed by atoms with Gasteiger partial charge < -0.3 is 14.0 Å². The van der Waals surface area contributed by atoms with Crippen LogP contribution >= 0.6 is 0 Å². The summed E-state index contributed by atoms with van der Waals surface area (Å²) in [5.41, 5.74) is 1.44. The molecule has 4 rings (SSSR count). The van der Waals surface area contributed by atoms with Gasteiger partial charge >= 0.3 is 0 Å². The average Bonchev–Trinajstić information content (AvgIpc) is 3.14.